The Morgan fingerprint density at radius 3 is 2.72 bits per heavy atom. The van der Waals surface area contributed by atoms with E-state index in [0.717, 1.165) is 35.4 Å². The summed E-state index contributed by atoms with van der Waals surface area (Å²) in [5, 5.41) is 9.05. The van der Waals surface area contributed by atoms with Crippen LogP contribution in [0, 0.1) is 13.8 Å². The molecule has 8 heteroatoms. The van der Waals surface area contributed by atoms with Crippen molar-refractivity contribution in [1.29, 1.82) is 0 Å². The van der Waals surface area contributed by atoms with Crippen LogP contribution in [-0.4, -0.2) is 46.9 Å². The second-order valence-corrected chi connectivity index (χ2v) is 6.61. The average molecular weight is 338 g/mol. The fraction of sp³-hybridized carbons (Fsp3) is 0.471. The molecular formula is C17H22N8. The van der Waals surface area contributed by atoms with E-state index in [1.54, 1.807) is 9.20 Å². The molecule has 0 aromatic carbocycles. The predicted molar refractivity (Wildman–Crippen MR) is 96.2 cm³/mol. The lowest BCUT2D eigenvalue weighted by atomic mass is 10.2. The fourth-order valence-electron chi connectivity index (χ4n) is 3.21. The van der Waals surface area contributed by atoms with E-state index < -0.39 is 0 Å². The zero-order chi connectivity index (χ0) is 17.6. The number of anilines is 1. The molecule has 8 nitrogen and oxygen atoms in total. The van der Waals surface area contributed by atoms with Crippen LogP contribution in [0.2, 0.25) is 0 Å². The van der Waals surface area contributed by atoms with E-state index in [1.165, 1.54) is 12.8 Å². The van der Waals surface area contributed by atoms with Gasteiger partial charge in [0.05, 0.1) is 0 Å². The van der Waals surface area contributed by atoms with Gasteiger partial charge in [0, 0.05) is 31.4 Å². The summed E-state index contributed by atoms with van der Waals surface area (Å²) in [5.41, 5.74) is 1.83. The Morgan fingerprint density at radius 2 is 2.00 bits per heavy atom. The van der Waals surface area contributed by atoms with Crippen LogP contribution < -0.4 is 4.90 Å². The number of aromatic nitrogens is 7. The van der Waals surface area contributed by atoms with E-state index in [0.29, 0.717) is 11.9 Å². The maximum absolute atomic E-state index is 4.66. The zero-order valence-corrected chi connectivity index (χ0v) is 15.0. The van der Waals surface area contributed by atoms with Crippen molar-refractivity contribution in [2.75, 3.05) is 11.4 Å². The molecule has 1 unspecified atom stereocenters. The Balaban J connectivity index is 1.63. The van der Waals surface area contributed by atoms with Crippen LogP contribution in [0.3, 0.4) is 0 Å². The number of hydrogen-bond acceptors (Lipinski definition) is 6. The standard InChI is InChI=1S/C17H22N8/c1-11-10-18-13(3)25-16(11)19-14(21-25)7-8-15-20-17(22-23(15)4)24-9-5-6-12(24)2/h7-8,10,12H,5-6,9H2,1-4H3. The second kappa shape index (κ2) is 5.94. The third-order valence-corrected chi connectivity index (χ3v) is 4.70. The minimum absolute atomic E-state index is 0.498. The van der Waals surface area contributed by atoms with E-state index in [2.05, 4.69) is 37.0 Å². The number of rotatable bonds is 3. The van der Waals surface area contributed by atoms with Crippen LogP contribution in [0.15, 0.2) is 6.20 Å². The molecule has 0 aliphatic carbocycles. The van der Waals surface area contributed by atoms with Crippen LogP contribution in [-0.2, 0) is 7.05 Å². The molecule has 0 amide bonds. The molecule has 0 N–H and O–H groups in total. The van der Waals surface area contributed by atoms with Gasteiger partial charge in [-0.15, -0.1) is 10.2 Å². The summed E-state index contributed by atoms with van der Waals surface area (Å²) in [7, 11) is 1.91. The van der Waals surface area contributed by atoms with Crippen molar-refractivity contribution in [2.24, 2.45) is 7.05 Å². The molecule has 25 heavy (non-hydrogen) atoms. The molecule has 0 bridgehead atoms. The lowest BCUT2D eigenvalue weighted by Crippen LogP contribution is -2.27. The molecule has 0 spiro atoms. The van der Waals surface area contributed by atoms with Crippen molar-refractivity contribution in [3.63, 3.8) is 0 Å². The van der Waals surface area contributed by atoms with Gasteiger partial charge in [0.2, 0.25) is 5.95 Å². The van der Waals surface area contributed by atoms with Crippen LogP contribution in [0.5, 0.6) is 0 Å². The SMILES string of the molecule is Cc1cnc(C)n2nc(C=Cc3nc(N4CCCC4C)nn3C)nc12. The van der Waals surface area contributed by atoms with Gasteiger partial charge < -0.3 is 4.90 Å². The smallest absolute Gasteiger partial charge is 0.245 e. The first-order chi connectivity index (χ1) is 12.0. The summed E-state index contributed by atoms with van der Waals surface area (Å²) in [6, 6.07) is 0.498. The minimum Gasteiger partial charge on any atom is -0.337 e. The molecule has 3 aromatic rings. The first-order valence-electron chi connectivity index (χ1n) is 8.57. The van der Waals surface area contributed by atoms with Crippen LogP contribution in [0.25, 0.3) is 17.8 Å². The zero-order valence-electron chi connectivity index (χ0n) is 15.0. The highest BCUT2D eigenvalue weighted by atomic mass is 15.4. The monoisotopic (exact) mass is 338 g/mol. The lowest BCUT2D eigenvalue weighted by Gasteiger charge is -2.18. The van der Waals surface area contributed by atoms with Gasteiger partial charge in [-0.1, -0.05) is 0 Å². The predicted octanol–water partition coefficient (Wildman–Crippen LogP) is 2.03. The van der Waals surface area contributed by atoms with Crippen LogP contribution in [0.1, 0.15) is 42.8 Å². The summed E-state index contributed by atoms with van der Waals surface area (Å²) in [6.07, 6.45) is 7.99. The molecule has 130 valence electrons. The number of aryl methyl sites for hydroxylation is 3. The van der Waals surface area contributed by atoms with Gasteiger partial charge in [0.1, 0.15) is 5.82 Å². The first kappa shape index (κ1) is 15.7. The first-order valence-corrected chi connectivity index (χ1v) is 8.57. The summed E-state index contributed by atoms with van der Waals surface area (Å²) in [4.78, 5) is 15.8. The average Bonchev–Trinajstić information content (AvgIpc) is 3.28. The molecule has 3 aromatic heterocycles. The highest BCUT2D eigenvalue weighted by Crippen LogP contribution is 2.22. The topological polar surface area (TPSA) is 77.0 Å². The maximum Gasteiger partial charge on any atom is 0.245 e. The van der Waals surface area contributed by atoms with Gasteiger partial charge in [-0.3, -0.25) is 0 Å². The van der Waals surface area contributed by atoms with E-state index >= 15 is 0 Å². The molecule has 4 heterocycles. The molecule has 1 aliphatic heterocycles. The van der Waals surface area contributed by atoms with Gasteiger partial charge in [0.15, 0.2) is 17.3 Å². The van der Waals surface area contributed by atoms with Crippen molar-refractivity contribution in [3.8, 4) is 0 Å². The fourth-order valence-corrected chi connectivity index (χ4v) is 3.21. The molecule has 4 rings (SSSR count). The Kier molecular flexibility index (Phi) is 3.74. The maximum atomic E-state index is 4.66. The van der Waals surface area contributed by atoms with Gasteiger partial charge in [-0.2, -0.15) is 9.50 Å². The Bertz CT molecular complexity index is 912. The highest BCUT2D eigenvalue weighted by molar-refractivity contribution is 5.65. The lowest BCUT2D eigenvalue weighted by molar-refractivity contribution is 0.700. The van der Waals surface area contributed by atoms with E-state index in [4.69, 9.17) is 0 Å². The molecule has 0 radical (unpaired) electrons. The second-order valence-electron chi connectivity index (χ2n) is 6.61. The highest BCUT2D eigenvalue weighted by Gasteiger charge is 2.24. The van der Waals surface area contributed by atoms with Crippen molar-refractivity contribution in [1.82, 2.24) is 34.3 Å². The van der Waals surface area contributed by atoms with Crippen molar-refractivity contribution in [3.05, 3.63) is 29.2 Å². The molecule has 0 saturated carbocycles. The largest absolute Gasteiger partial charge is 0.337 e. The van der Waals surface area contributed by atoms with Crippen molar-refractivity contribution >= 4 is 23.7 Å². The van der Waals surface area contributed by atoms with E-state index in [9.17, 15) is 0 Å². The normalized spacial score (nSPS) is 18.1. The Labute approximate surface area is 146 Å². The third-order valence-electron chi connectivity index (χ3n) is 4.70. The number of hydrogen-bond donors (Lipinski definition) is 0. The molecular weight excluding hydrogens is 316 g/mol. The number of nitrogens with zero attached hydrogens (tertiary/aromatic N) is 8. The summed E-state index contributed by atoms with van der Waals surface area (Å²) in [5.74, 6) is 3.04. The van der Waals surface area contributed by atoms with Gasteiger partial charge in [-0.25, -0.2) is 14.6 Å². The van der Waals surface area contributed by atoms with Crippen molar-refractivity contribution < 1.29 is 0 Å². The summed E-state index contributed by atoms with van der Waals surface area (Å²) < 4.78 is 3.56. The van der Waals surface area contributed by atoms with E-state index in [-0.39, 0.29) is 0 Å². The van der Waals surface area contributed by atoms with Gasteiger partial charge in [-0.05, 0) is 45.8 Å². The molecule has 1 fully saturated rings. The molecule has 1 atom stereocenters. The van der Waals surface area contributed by atoms with Crippen LogP contribution >= 0.6 is 0 Å². The molecule has 1 saturated heterocycles. The Hall–Kier alpha value is -2.77. The quantitative estimate of drug-likeness (QED) is 0.727. The van der Waals surface area contributed by atoms with E-state index in [1.807, 2.05) is 39.2 Å². The number of fused-ring (bicyclic) bond motifs is 1. The van der Waals surface area contributed by atoms with Gasteiger partial charge >= 0.3 is 0 Å². The molecule has 1 aliphatic rings. The summed E-state index contributed by atoms with van der Waals surface area (Å²) >= 11 is 0. The Morgan fingerprint density at radius 1 is 1.16 bits per heavy atom. The minimum atomic E-state index is 0.498. The third kappa shape index (κ3) is 2.77. The van der Waals surface area contributed by atoms with Crippen LogP contribution in [0.4, 0.5) is 5.95 Å². The van der Waals surface area contributed by atoms with Crippen molar-refractivity contribution in [2.45, 2.75) is 39.7 Å². The van der Waals surface area contributed by atoms with Gasteiger partial charge in [0.25, 0.3) is 0 Å². The summed E-state index contributed by atoms with van der Waals surface area (Å²) in [6.45, 7) is 7.14.